The van der Waals surface area contributed by atoms with E-state index in [0.717, 1.165) is 0 Å². The molecule has 0 aliphatic heterocycles. The van der Waals surface area contributed by atoms with Crippen molar-refractivity contribution < 1.29 is 4.39 Å². The Morgan fingerprint density at radius 1 is 1.45 bits per heavy atom. The minimum absolute atomic E-state index is 0.162. The predicted molar refractivity (Wildman–Crippen MR) is 35.8 cm³/mol. The van der Waals surface area contributed by atoms with Crippen LogP contribution in [-0.2, 0) is 0 Å². The normalized spacial score (nSPS) is 10.7. The van der Waals surface area contributed by atoms with Crippen LogP contribution in [-0.4, -0.2) is 19.6 Å². The van der Waals surface area contributed by atoms with Crippen LogP contribution in [0.25, 0.3) is 5.78 Å². The van der Waals surface area contributed by atoms with Gasteiger partial charge in [0.25, 0.3) is 5.78 Å². The van der Waals surface area contributed by atoms with Crippen molar-refractivity contribution in [1.29, 1.82) is 0 Å². The van der Waals surface area contributed by atoms with Gasteiger partial charge in [-0.3, -0.25) is 4.40 Å². The summed E-state index contributed by atoms with van der Waals surface area (Å²) in [6, 6.07) is 1.18. The molecule has 11 heavy (non-hydrogen) atoms. The first-order valence-corrected chi connectivity index (χ1v) is 3.18. The molecule has 0 saturated heterocycles. The maximum atomic E-state index is 12.4. The van der Waals surface area contributed by atoms with Gasteiger partial charge in [0.2, 0.25) is 11.2 Å². The van der Waals surface area contributed by atoms with Gasteiger partial charge < -0.3 is 0 Å². The zero-order valence-corrected chi connectivity index (χ0v) is 5.96. The monoisotopic (exact) mass is 172 g/mol. The molecule has 2 aromatic heterocycles. The summed E-state index contributed by atoms with van der Waals surface area (Å²) < 4.78 is 13.8. The SMILES string of the molecule is Fc1ccn2c(Cl)nnc2n1. The van der Waals surface area contributed by atoms with Crippen LogP contribution in [0.15, 0.2) is 12.3 Å². The van der Waals surface area contributed by atoms with E-state index in [4.69, 9.17) is 11.6 Å². The van der Waals surface area contributed by atoms with Gasteiger partial charge in [-0.2, -0.15) is 9.37 Å². The Balaban J connectivity index is 2.86. The Hall–Kier alpha value is -1.23. The number of aromatic nitrogens is 4. The summed E-state index contributed by atoms with van der Waals surface area (Å²) in [5.74, 6) is -0.434. The fourth-order valence-corrected chi connectivity index (χ4v) is 0.908. The summed E-state index contributed by atoms with van der Waals surface area (Å²) in [7, 11) is 0. The molecule has 0 spiro atoms. The van der Waals surface area contributed by atoms with Crippen LogP contribution >= 0.6 is 11.6 Å². The highest BCUT2D eigenvalue weighted by Crippen LogP contribution is 2.05. The molecule has 0 fully saturated rings. The Morgan fingerprint density at radius 2 is 2.27 bits per heavy atom. The van der Waals surface area contributed by atoms with Crippen LogP contribution in [0.3, 0.4) is 0 Å². The molecule has 0 amide bonds. The summed E-state index contributed by atoms with van der Waals surface area (Å²) in [6.07, 6.45) is 1.42. The van der Waals surface area contributed by atoms with Gasteiger partial charge >= 0.3 is 0 Å². The third kappa shape index (κ3) is 0.932. The van der Waals surface area contributed by atoms with Crippen LogP contribution in [0.4, 0.5) is 4.39 Å². The lowest BCUT2D eigenvalue weighted by Gasteiger charge is -1.89. The quantitative estimate of drug-likeness (QED) is 0.555. The second-order valence-electron chi connectivity index (χ2n) is 1.89. The van der Waals surface area contributed by atoms with Gasteiger partial charge in [-0.25, -0.2) is 0 Å². The molecule has 2 rings (SSSR count). The van der Waals surface area contributed by atoms with Gasteiger partial charge in [0.05, 0.1) is 0 Å². The molecule has 0 N–H and O–H groups in total. The van der Waals surface area contributed by atoms with Crippen molar-refractivity contribution in [3.8, 4) is 0 Å². The van der Waals surface area contributed by atoms with Gasteiger partial charge in [0.15, 0.2) is 0 Å². The van der Waals surface area contributed by atoms with E-state index in [2.05, 4.69) is 15.2 Å². The lowest BCUT2D eigenvalue weighted by Crippen LogP contribution is -1.90. The number of fused-ring (bicyclic) bond motifs is 1. The van der Waals surface area contributed by atoms with Gasteiger partial charge in [0.1, 0.15) is 0 Å². The highest BCUT2D eigenvalue weighted by molar-refractivity contribution is 6.28. The maximum absolute atomic E-state index is 12.4. The van der Waals surface area contributed by atoms with E-state index < -0.39 is 5.95 Å². The van der Waals surface area contributed by atoms with E-state index in [0.29, 0.717) is 0 Å². The maximum Gasteiger partial charge on any atom is 0.258 e. The molecular formula is C5H2ClFN4. The number of hydrogen-bond donors (Lipinski definition) is 0. The molecule has 6 heteroatoms. The Kier molecular flexibility index (Phi) is 1.25. The molecule has 2 aromatic rings. The number of halogens is 2. The van der Waals surface area contributed by atoms with Crippen molar-refractivity contribution >= 4 is 17.4 Å². The molecule has 0 aliphatic carbocycles. The molecule has 0 unspecified atom stereocenters. The predicted octanol–water partition coefficient (Wildman–Crippen LogP) is 0.917. The van der Waals surface area contributed by atoms with Crippen LogP contribution < -0.4 is 0 Å². The van der Waals surface area contributed by atoms with E-state index in [1.807, 2.05) is 0 Å². The smallest absolute Gasteiger partial charge is 0.257 e. The Labute approximate surface area is 65.6 Å². The number of hydrogen-bond acceptors (Lipinski definition) is 3. The summed E-state index contributed by atoms with van der Waals surface area (Å²) in [5.41, 5.74) is 0. The summed E-state index contributed by atoms with van der Waals surface area (Å²) >= 11 is 5.55. The fourth-order valence-electron chi connectivity index (χ4n) is 0.738. The van der Waals surface area contributed by atoms with Gasteiger partial charge in [-0.15, -0.1) is 10.2 Å². The molecule has 0 atom stereocenters. The fraction of sp³-hybridized carbons (Fsp3) is 0. The lowest BCUT2D eigenvalue weighted by atomic mass is 10.6. The Morgan fingerprint density at radius 3 is 3.09 bits per heavy atom. The van der Waals surface area contributed by atoms with Crippen molar-refractivity contribution in [2.75, 3.05) is 0 Å². The lowest BCUT2D eigenvalue weighted by molar-refractivity contribution is 0.582. The minimum atomic E-state index is -0.596. The largest absolute Gasteiger partial charge is 0.258 e. The molecule has 4 nitrogen and oxygen atoms in total. The van der Waals surface area contributed by atoms with E-state index >= 15 is 0 Å². The average molecular weight is 173 g/mol. The van der Waals surface area contributed by atoms with Crippen LogP contribution in [0.1, 0.15) is 0 Å². The molecule has 0 saturated carbocycles. The van der Waals surface area contributed by atoms with E-state index in [1.54, 1.807) is 0 Å². The summed E-state index contributed by atoms with van der Waals surface area (Å²) in [5, 5.41) is 7.17. The zero-order valence-electron chi connectivity index (χ0n) is 5.20. The standard InChI is InChI=1S/C5H2ClFN4/c6-4-9-10-5-8-3(7)1-2-11(4)5/h1-2H. The highest BCUT2D eigenvalue weighted by atomic mass is 35.5. The highest BCUT2D eigenvalue weighted by Gasteiger charge is 2.02. The van der Waals surface area contributed by atoms with Crippen LogP contribution in [0, 0.1) is 5.95 Å². The topological polar surface area (TPSA) is 43.1 Å². The molecule has 2 heterocycles. The third-order valence-electron chi connectivity index (χ3n) is 1.20. The molecule has 0 aromatic carbocycles. The van der Waals surface area contributed by atoms with E-state index in [9.17, 15) is 4.39 Å². The minimum Gasteiger partial charge on any atom is -0.257 e. The molecule has 56 valence electrons. The average Bonchev–Trinajstić information content (AvgIpc) is 2.32. The first-order chi connectivity index (χ1) is 5.27. The molecule has 0 radical (unpaired) electrons. The van der Waals surface area contributed by atoms with Crippen molar-refractivity contribution in [1.82, 2.24) is 19.6 Å². The first kappa shape index (κ1) is 6.48. The van der Waals surface area contributed by atoms with Crippen molar-refractivity contribution in [3.05, 3.63) is 23.5 Å². The second kappa shape index (κ2) is 2.13. The second-order valence-corrected chi connectivity index (χ2v) is 2.23. The van der Waals surface area contributed by atoms with E-state index in [-0.39, 0.29) is 11.1 Å². The van der Waals surface area contributed by atoms with Crippen molar-refractivity contribution in [2.24, 2.45) is 0 Å². The summed E-state index contributed by atoms with van der Waals surface area (Å²) in [6.45, 7) is 0. The molecule has 0 bridgehead atoms. The van der Waals surface area contributed by atoms with Crippen LogP contribution in [0.2, 0.25) is 5.28 Å². The van der Waals surface area contributed by atoms with E-state index in [1.165, 1.54) is 16.7 Å². The van der Waals surface area contributed by atoms with Crippen molar-refractivity contribution in [3.63, 3.8) is 0 Å². The Bertz CT molecular complexity index is 398. The number of nitrogens with zero attached hydrogens (tertiary/aromatic N) is 4. The van der Waals surface area contributed by atoms with Gasteiger partial charge in [-0.05, 0) is 11.6 Å². The van der Waals surface area contributed by atoms with Gasteiger partial charge in [0, 0.05) is 12.3 Å². The van der Waals surface area contributed by atoms with Gasteiger partial charge in [-0.1, -0.05) is 0 Å². The zero-order chi connectivity index (χ0) is 7.84. The third-order valence-corrected chi connectivity index (χ3v) is 1.46. The van der Waals surface area contributed by atoms with Crippen molar-refractivity contribution in [2.45, 2.75) is 0 Å². The number of rotatable bonds is 0. The molecular weight excluding hydrogens is 171 g/mol. The summed E-state index contributed by atoms with van der Waals surface area (Å²) in [4.78, 5) is 3.43. The first-order valence-electron chi connectivity index (χ1n) is 2.80. The van der Waals surface area contributed by atoms with Crippen LogP contribution in [0.5, 0.6) is 0 Å². The molecule has 0 aliphatic rings.